The van der Waals surface area contributed by atoms with Crippen LogP contribution in [0.5, 0.6) is 0 Å². The highest BCUT2D eigenvalue weighted by Crippen LogP contribution is 2.46. The lowest BCUT2D eigenvalue weighted by Gasteiger charge is -2.32. The molecule has 0 bridgehead atoms. The first-order valence-electron chi connectivity index (χ1n) is 8.57. The normalized spacial score (nSPS) is 17.1. The third-order valence-electron chi connectivity index (χ3n) is 3.38. The SMILES string of the molecule is CCCC/C(O[Si](C)(C)C)=C(/C(OC)=C1SCCS1)C(C)(C)C. The van der Waals surface area contributed by atoms with Gasteiger partial charge in [-0.1, -0.05) is 34.1 Å². The van der Waals surface area contributed by atoms with Gasteiger partial charge in [0, 0.05) is 23.5 Å². The van der Waals surface area contributed by atoms with Crippen LogP contribution in [0, 0.1) is 5.41 Å². The lowest BCUT2D eigenvalue weighted by atomic mass is 9.83. The van der Waals surface area contributed by atoms with Crippen LogP contribution in [0.2, 0.25) is 19.6 Å². The standard InChI is InChI=1S/C18H34O2S2Si/c1-9-10-11-14(20-23(6,7)8)15(18(2,3)4)16(19-5)17-21-12-13-22-17/h9-13H2,1-8H3/b15-14+. The van der Waals surface area contributed by atoms with Crippen molar-refractivity contribution < 1.29 is 9.16 Å². The minimum Gasteiger partial charge on any atom is -0.547 e. The van der Waals surface area contributed by atoms with E-state index in [4.69, 9.17) is 9.16 Å². The van der Waals surface area contributed by atoms with Gasteiger partial charge in [-0.05, 0) is 31.5 Å². The van der Waals surface area contributed by atoms with E-state index in [-0.39, 0.29) is 5.41 Å². The van der Waals surface area contributed by atoms with Gasteiger partial charge >= 0.3 is 0 Å². The van der Waals surface area contributed by atoms with Gasteiger partial charge in [0.05, 0.1) is 17.1 Å². The molecule has 23 heavy (non-hydrogen) atoms. The zero-order valence-corrected chi connectivity index (χ0v) is 18.8. The molecule has 1 saturated heterocycles. The second-order valence-electron chi connectivity index (χ2n) is 7.88. The van der Waals surface area contributed by atoms with Crippen LogP contribution in [0.15, 0.2) is 21.3 Å². The average Bonchev–Trinajstić information content (AvgIpc) is 2.92. The fourth-order valence-electron chi connectivity index (χ4n) is 2.55. The highest BCUT2D eigenvalue weighted by atomic mass is 32.2. The maximum Gasteiger partial charge on any atom is 0.241 e. The third kappa shape index (κ3) is 6.79. The Morgan fingerprint density at radius 1 is 1.13 bits per heavy atom. The Kier molecular flexibility index (Phi) is 8.15. The minimum absolute atomic E-state index is 0.00474. The lowest BCUT2D eigenvalue weighted by Crippen LogP contribution is -2.28. The van der Waals surface area contributed by atoms with Crippen molar-refractivity contribution in [3.8, 4) is 0 Å². The van der Waals surface area contributed by atoms with Gasteiger partial charge in [-0.3, -0.25) is 0 Å². The Bertz CT molecular complexity index is 449. The molecule has 5 heteroatoms. The summed E-state index contributed by atoms with van der Waals surface area (Å²) in [6.45, 7) is 15.8. The Labute approximate surface area is 153 Å². The molecule has 0 atom stereocenters. The molecule has 0 saturated carbocycles. The van der Waals surface area contributed by atoms with Gasteiger partial charge in [-0.25, -0.2) is 0 Å². The van der Waals surface area contributed by atoms with E-state index in [2.05, 4.69) is 47.3 Å². The first-order chi connectivity index (χ1) is 10.6. The number of methoxy groups -OCH3 is 1. The minimum atomic E-state index is -1.66. The first-order valence-corrected chi connectivity index (χ1v) is 13.9. The van der Waals surface area contributed by atoms with E-state index in [1.165, 1.54) is 27.7 Å². The molecule has 1 heterocycles. The Balaban J connectivity index is 3.45. The summed E-state index contributed by atoms with van der Waals surface area (Å²) in [4.78, 5) is 0. The highest BCUT2D eigenvalue weighted by Gasteiger charge is 2.32. The molecule has 0 aliphatic carbocycles. The maximum atomic E-state index is 6.56. The van der Waals surface area contributed by atoms with Crippen molar-refractivity contribution in [2.45, 2.75) is 66.6 Å². The summed E-state index contributed by atoms with van der Waals surface area (Å²) >= 11 is 3.84. The largest absolute Gasteiger partial charge is 0.547 e. The highest BCUT2D eigenvalue weighted by molar-refractivity contribution is 8.25. The molecule has 0 spiro atoms. The van der Waals surface area contributed by atoms with Crippen molar-refractivity contribution in [1.82, 2.24) is 0 Å². The second kappa shape index (κ2) is 8.91. The quantitative estimate of drug-likeness (QED) is 0.368. The fraction of sp³-hybridized carbons (Fsp3) is 0.778. The Morgan fingerprint density at radius 2 is 1.70 bits per heavy atom. The van der Waals surface area contributed by atoms with Crippen LogP contribution in [-0.4, -0.2) is 26.9 Å². The number of rotatable bonds is 7. The van der Waals surface area contributed by atoms with Crippen LogP contribution in [0.1, 0.15) is 47.0 Å². The van der Waals surface area contributed by atoms with Crippen LogP contribution in [0.25, 0.3) is 0 Å². The number of hydrogen-bond acceptors (Lipinski definition) is 4. The van der Waals surface area contributed by atoms with Crippen molar-refractivity contribution in [2.75, 3.05) is 18.6 Å². The number of ether oxygens (including phenoxy) is 1. The smallest absolute Gasteiger partial charge is 0.241 e. The number of hydrogen-bond donors (Lipinski definition) is 0. The number of allylic oxidation sites excluding steroid dienone is 2. The molecule has 1 fully saturated rings. The third-order valence-corrected chi connectivity index (χ3v) is 6.92. The fourth-order valence-corrected chi connectivity index (χ4v) is 6.00. The molecule has 134 valence electrons. The van der Waals surface area contributed by atoms with Crippen molar-refractivity contribution in [3.05, 3.63) is 21.3 Å². The molecule has 0 aromatic heterocycles. The molecule has 2 nitrogen and oxygen atoms in total. The summed E-state index contributed by atoms with van der Waals surface area (Å²) in [5.74, 6) is 4.55. The monoisotopic (exact) mass is 374 g/mol. The predicted molar refractivity (Wildman–Crippen MR) is 109 cm³/mol. The van der Waals surface area contributed by atoms with Crippen molar-refractivity contribution in [3.63, 3.8) is 0 Å². The predicted octanol–water partition coefficient (Wildman–Crippen LogP) is 6.62. The van der Waals surface area contributed by atoms with Gasteiger partial charge in [-0.2, -0.15) is 0 Å². The van der Waals surface area contributed by atoms with Crippen LogP contribution in [0.3, 0.4) is 0 Å². The van der Waals surface area contributed by atoms with Crippen LogP contribution in [-0.2, 0) is 9.16 Å². The Morgan fingerprint density at radius 3 is 2.09 bits per heavy atom. The summed E-state index contributed by atoms with van der Waals surface area (Å²) in [5, 5.41) is 0. The molecular formula is C18H34O2S2Si. The summed E-state index contributed by atoms with van der Waals surface area (Å²) in [5.41, 5.74) is 1.28. The lowest BCUT2D eigenvalue weighted by molar-refractivity contribution is 0.268. The molecule has 0 aromatic rings. The Hall–Kier alpha value is -0.00312. The number of thioether (sulfide) groups is 2. The van der Waals surface area contributed by atoms with Crippen molar-refractivity contribution >= 4 is 31.8 Å². The van der Waals surface area contributed by atoms with E-state index in [9.17, 15) is 0 Å². The zero-order chi connectivity index (χ0) is 17.7. The molecule has 1 rings (SSSR count). The molecule has 0 unspecified atom stereocenters. The summed E-state index contributed by atoms with van der Waals surface area (Å²) in [7, 11) is 0.145. The van der Waals surface area contributed by atoms with Crippen molar-refractivity contribution in [1.29, 1.82) is 0 Å². The van der Waals surface area contributed by atoms with E-state index in [0.29, 0.717) is 0 Å². The molecule has 0 aromatic carbocycles. The second-order valence-corrected chi connectivity index (χ2v) is 14.8. The van der Waals surface area contributed by atoms with Gasteiger partial charge in [0.15, 0.2) is 0 Å². The van der Waals surface area contributed by atoms with Gasteiger partial charge in [0.1, 0.15) is 5.76 Å². The van der Waals surface area contributed by atoms with Crippen LogP contribution < -0.4 is 0 Å². The van der Waals surface area contributed by atoms with Gasteiger partial charge in [0.2, 0.25) is 8.32 Å². The molecule has 1 aliphatic rings. The van der Waals surface area contributed by atoms with Crippen molar-refractivity contribution in [2.24, 2.45) is 5.41 Å². The topological polar surface area (TPSA) is 18.5 Å². The molecule has 0 N–H and O–H groups in total. The van der Waals surface area contributed by atoms with Crippen LogP contribution in [0.4, 0.5) is 0 Å². The zero-order valence-electron chi connectivity index (χ0n) is 16.2. The molecule has 0 amide bonds. The summed E-state index contributed by atoms with van der Waals surface area (Å²) in [6.07, 6.45) is 3.34. The molecular weight excluding hydrogens is 340 g/mol. The van der Waals surface area contributed by atoms with E-state index in [0.717, 1.165) is 24.4 Å². The maximum absolute atomic E-state index is 6.56. The van der Waals surface area contributed by atoms with E-state index in [1.54, 1.807) is 7.11 Å². The molecule has 0 radical (unpaired) electrons. The number of unbranched alkanes of at least 4 members (excludes halogenated alkanes) is 1. The summed E-state index contributed by atoms with van der Waals surface area (Å²) in [6, 6.07) is 0. The molecule has 1 aliphatic heterocycles. The van der Waals surface area contributed by atoms with Gasteiger partial charge < -0.3 is 9.16 Å². The van der Waals surface area contributed by atoms with Gasteiger partial charge in [0.25, 0.3) is 0 Å². The van der Waals surface area contributed by atoms with E-state index < -0.39 is 8.32 Å². The average molecular weight is 375 g/mol. The van der Waals surface area contributed by atoms with Gasteiger partial charge in [-0.15, -0.1) is 23.5 Å². The summed E-state index contributed by atoms with van der Waals surface area (Å²) < 4.78 is 13.8. The van der Waals surface area contributed by atoms with Crippen LogP contribution >= 0.6 is 23.5 Å². The first kappa shape index (κ1) is 21.0. The van der Waals surface area contributed by atoms with E-state index >= 15 is 0 Å². The van der Waals surface area contributed by atoms with E-state index in [1.807, 2.05) is 23.5 Å².